The van der Waals surface area contributed by atoms with Crippen LogP contribution in [0.5, 0.6) is 11.5 Å². The minimum Gasteiger partial charge on any atom is -0.493 e. The van der Waals surface area contributed by atoms with Crippen LogP contribution in [0.25, 0.3) is 0 Å². The standard InChI is InChI=1S/C38H57N3O7/c1-27(2)39(35(42)24-29-14-11-10-12-15-29)21-20-31-17-18-32(26-40(31)37(44)48-38(5,6)7)41(28(3)4)36(43)30-16-19-33(46-9)34(25-30)47-23-13-22-45-8/h10-12,14-16,19,25,27-28,31-32H,13,17-18,20-24,26H2,1-9H3/t31-,32+/m0/s1. The molecule has 0 unspecified atom stereocenters. The molecule has 1 aliphatic heterocycles. The van der Waals surface area contributed by atoms with Crippen molar-refractivity contribution in [2.24, 2.45) is 0 Å². The molecule has 10 heteroatoms. The van der Waals surface area contributed by atoms with Crippen LogP contribution < -0.4 is 9.47 Å². The van der Waals surface area contributed by atoms with E-state index in [4.69, 9.17) is 18.9 Å². The Bertz CT molecular complexity index is 1330. The minimum absolute atomic E-state index is 0.0138. The second kappa shape index (κ2) is 18.1. The lowest BCUT2D eigenvalue weighted by atomic mass is 9.93. The van der Waals surface area contributed by atoms with E-state index >= 15 is 0 Å². The van der Waals surface area contributed by atoms with E-state index in [0.717, 1.165) is 5.56 Å². The van der Waals surface area contributed by atoms with Crippen molar-refractivity contribution in [3.63, 3.8) is 0 Å². The first kappa shape index (κ1) is 38.7. The molecule has 266 valence electrons. The molecule has 10 nitrogen and oxygen atoms in total. The van der Waals surface area contributed by atoms with Crippen LogP contribution in [-0.4, -0.2) is 103 Å². The number of hydrogen-bond donors (Lipinski definition) is 0. The lowest BCUT2D eigenvalue weighted by Gasteiger charge is -2.45. The largest absolute Gasteiger partial charge is 0.493 e. The van der Waals surface area contributed by atoms with E-state index in [-0.39, 0.29) is 36.0 Å². The van der Waals surface area contributed by atoms with Crippen LogP contribution in [-0.2, 0) is 20.7 Å². The molecule has 0 radical (unpaired) electrons. The van der Waals surface area contributed by atoms with Gasteiger partial charge in [0, 0.05) is 56.9 Å². The number of methoxy groups -OCH3 is 2. The SMILES string of the molecule is COCCCOc1cc(C(=O)N(C(C)C)[C@@H]2CC[C@@H](CCN(C(=O)Cc3ccccc3)C(C)C)N(C(=O)OC(C)(C)C)C2)ccc1OC. The summed E-state index contributed by atoms with van der Waals surface area (Å²) in [5.41, 5.74) is 0.784. The summed E-state index contributed by atoms with van der Waals surface area (Å²) in [6.45, 7) is 15.4. The summed E-state index contributed by atoms with van der Waals surface area (Å²) in [5.74, 6) is 0.972. The molecule has 0 aromatic heterocycles. The zero-order valence-electron chi connectivity index (χ0n) is 30.5. The molecule has 0 saturated carbocycles. The van der Waals surface area contributed by atoms with Crippen LogP contribution in [0, 0.1) is 0 Å². The fraction of sp³-hybridized carbons (Fsp3) is 0.605. The average molecular weight is 668 g/mol. The molecule has 1 heterocycles. The number of carbonyl (C=O) groups is 3. The molecule has 2 aromatic carbocycles. The lowest BCUT2D eigenvalue weighted by molar-refractivity contribution is -0.132. The predicted molar refractivity (Wildman–Crippen MR) is 188 cm³/mol. The summed E-state index contributed by atoms with van der Waals surface area (Å²) >= 11 is 0. The van der Waals surface area contributed by atoms with Crippen molar-refractivity contribution in [3.05, 3.63) is 59.7 Å². The summed E-state index contributed by atoms with van der Waals surface area (Å²) < 4.78 is 22.5. The van der Waals surface area contributed by atoms with Crippen LogP contribution in [0.3, 0.4) is 0 Å². The molecular weight excluding hydrogens is 610 g/mol. The molecule has 48 heavy (non-hydrogen) atoms. The van der Waals surface area contributed by atoms with Gasteiger partial charge in [0.25, 0.3) is 5.91 Å². The van der Waals surface area contributed by atoms with Gasteiger partial charge < -0.3 is 33.6 Å². The van der Waals surface area contributed by atoms with Gasteiger partial charge in [0.1, 0.15) is 5.60 Å². The molecule has 1 aliphatic rings. The molecule has 3 amide bonds. The van der Waals surface area contributed by atoms with Crippen molar-refractivity contribution in [2.45, 2.75) is 110 Å². The monoisotopic (exact) mass is 667 g/mol. The second-order valence-corrected chi connectivity index (χ2v) is 14.0. The van der Waals surface area contributed by atoms with Crippen molar-refractivity contribution in [1.29, 1.82) is 0 Å². The number of piperidine rings is 1. The van der Waals surface area contributed by atoms with E-state index in [1.165, 1.54) is 0 Å². The van der Waals surface area contributed by atoms with Crippen molar-refractivity contribution >= 4 is 17.9 Å². The molecule has 2 aromatic rings. The van der Waals surface area contributed by atoms with Crippen molar-refractivity contribution < 1.29 is 33.3 Å². The number of benzene rings is 2. The van der Waals surface area contributed by atoms with E-state index in [9.17, 15) is 14.4 Å². The highest BCUT2D eigenvalue weighted by molar-refractivity contribution is 5.95. The van der Waals surface area contributed by atoms with Gasteiger partial charge in [-0.3, -0.25) is 9.59 Å². The third kappa shape index (κ3) is 11.1. The third-order valence-corrected chi connectivity index (χ3v) is 8.50. The van der Waals surface area contributed by atoms with Gasteiger partial charge in [0.15, 0.2) is 11.5 Å². The van der Waals surface area contributed by atoms with Gasteiger partial charge in [-0.15, -0.1) is 0 Å². The first-order chi connectivity index (χ1) is 22.7. The highest BCUT2D eigenvalue weighted by atomic mass is 16.6. The Balaban J connectivity index is 1.81. The first-order valence-corrected chi connectivity index (χ1v) is 17.2. The number of rotatable bonds is 15. The molecule has 0 bridgehead atoms. The maximum atomic E-state index is 14.1. The first-order valence-electron chi connectivity index (χ1n) is 17.2. The zero-order chi connectivity index (χ0) is 35.4. The average Bonchev–Trinajstić information content (AvgIpc) is 3.03. The Morgan fingerprint density at radius 2 is 1.62 bits per heavy atom. The van der Waals surface area contributed by atoms with Crippen LogP contribution in [0.1, 0.15) is 90.1 Å². The summed E-state index contributed by atoms with van der Waals surface area (Å²) in [7, 11) is 3.22. The normalized spacial score (nSPS) is 16.5. The van der Waals surface area contributed by atoms with Gasteiger partial charge in [-0.05, 0) is 91.5 Å². The lowest BCUT2D eigenvalue weighted by Crippen LogP contribution is -2.58. The van der Waals surface area contributed by atoms with Crippen molar-refractivity contribution in [2.75, 3.05) is 40.5 Å². The Labute approximate surface area is 287 Å². The van der Waals surface area contributed by atoms with Gasteiger partial charge in [-0.1, -0.05) is 30.3 Å². The van der Waals surface area contributed by atoms with Gasteiger partial charge in [0.2, 0.25) is 5.91 Å². The van der Waals surface area contributed by atoms with E-state index < -0.39 is 11.7 Å². The number of amides is 3. The second-order valence-electron chi connectivity index (χ2n) is 14.0. The van der Waals surface area contributed by atoms with Crippen LogP contribution in [0.2, 0.25) is 0 Å². The molecular formula is C38H57N3O7. The highest BCUT2D eigenvalue weighted by Crippen LogP contribution is 2.32. The van der Waals surface area contributed by atoms with Gasteiger partial charge >= 0.3 is 6.09 Å². The number of likely N-dealkylation sites (tertiary alicyclic amines) is 1. The van der Waals surface area contributed by atoms with Gasteiger partial charge in [-0.25, -0.2) is 4.79 Å². The quantitative estimate of drug-likeness (QED) is 0.198. The van der Waals surface area contributed by atoms with Crippen LogP contribution in [0.15, 0.2) is 48.5 Å². The van der Waals surface area contributed by atoms with E-state index in [1.807, 2.05) is 88.6 Å². The van der Waals surface area contributed by atoms with Crippen molar-refractivity contribution in [1.82, 2.24) is 14.7 Å². The van der Waals surface area contributed by atoms with E-state index in [0.29, 0.717) is 75.5 Å². The Morgan fingerprint density at radius 3 is 2.23 bits per heavy atom. The van der Waals surface area contributed by atoms with E-state index in [1.54, 1.807) is 37.3 Å². The number of ether oxygens (including phenoxy) is 4. The summed E-state index contributed by atoms with van der Waals surface area (Å²) in [6.07, 6.45) is 2.63. The molecule has 0 spiro atoms. The maximum Gasteiger partial charge on any atom is 0.410 e. The smallest absolute Gasteiger partial charge is 0.410 e. The Kier molecular flexibility index (Phi) is 14.6. The highest BCUT2D eigenvalue weighted by Gasteiger charge is 2.39. The Hall–Kier alpha value is -3.79. The minimum atomic E-state index is -0.680. The molecule has 2 atom stereocenters. The third-order valence-electron chi connectivity index (χ3n) is 8.50. The van der Waals surface area contributed by atoms with Gasteiger partial charge in [0.05, 0.1) is 26.2 Å². The van der Waals surface area contributed by atoms with Crippen LogP contribution >= 0.6 is 0 Å². The fourth-order valence-electron chi connectivity index (χ4n) is 6.19. The Morgan fingerprint density at radius 1 is 0.917 bits per heavy atom. The number of nitrogens with zero attached hydrogens (tertiary/aromatic N) is 3. The molecule has 1 fully saturated rings. The van der Waals surface area contributed by atoms with E-state index in [2.05, 4.69) is 0 Å². The molecule has 1 saturated heterocycles. The van der Waals surface area contributed by atoms with Gasteiger partial charge in [-0.2, -0.15) is 0 Å². The number of carbonyl (C=O) groups excluding carboxylic acids is 3. The predicted octanol–water partition coefficient (Wildman–Crippen LogP) is 6.60. The molecule has 3 rings (SSSR count). The fourth-order valence-corrected chi connectivity index (χ4v) is 6.19. The van der Waals surface area contributed by atoms with Crippen LogP contribution in [0.4, 0.5) is 4.79 Å². The summed E-state index contributed by atoms with van der Waals surface area (Å²) in [6, 6.07) is 14.5. The topological polar surface area (TPSA) is 97.9 Å². The molecule has 0 aliphatic carbocycles. The summed E-state index contributed by atoms with van der Waals surface area (Å²) in [5, 5.41) is 0. The zero-order valence-corrected chi connectivity index (χ0v) is 30.5. The molecule has 0 N–H and O–H groups in total. The maximum absolute atomic E-state index is 14.1. The van der Waals surface area contributed by atoms with Crippen molar-refractivity contribution in [3.8, 4) is 11.5 Å². The number of hydrogen-bond acceptors (Lipinski definition) is 7. The summed E-state index contributed by atoms with van der Waals surface area (Å²) in [4.78, 5) is 46.8.